The molecule has 0 aliphatic heterocycles. The maximum atomic E-state index is 13.0. The topological polar surface area (TPSA) is 237 Å². The van der Waals surface area contributed by atoms with Gasteiger partial charge in [-0.3, -0.25) is 37.3 Å². The van der Waals surface area contributed by atoms with Crippen LogP contribution in [0.2, 0.25) is 0 Å². The van der Waals surface area contributed by atoms with Crippen molar-refractivity contribution in [3.63, 3.8) is 0 Å². The van der Waals surface area contributed by atoms with E-state index >= 15 is 0 Å². The average Bonchev–Trinajstić information content (AvgIpc) is 3.55. The van der Waals surface area contributed by atoms with Crippen molar-refractivity contribution < 1.29 is 80.2 Å². The van der Waals surface area contributed by atoms with E-state index < -0.39 is 97.5 Å². The van der Waals surface area contributed by atoms with E-state index in [4.69, 9.17) is 37.0 Å². The third-order valence-electron chi connectivity index (χ3n) is 16.7. The van der Waals surface area contributed by atoms with Crippen LogP contribution in [0.4, 0.5) is 0 Å². The number of carbonyl (C=O) groups excluding carboxylic acids is 4. The van der Waals surface area contributed by atoms with Crippen molar-refractivity contribution in [1.82, 2.24) is 0 Å². The van der Waals surface area contributed by atoms with Crippen LogP contribution in [0.3, 0.4) is 0 Å². The van der Waals surface area contributed by atoms with Crippen molar-refractivity contribution in [2.75, 3.05) is 39.6 Å². The Morgan fingerprint density at radius 2 is 0.545 bits per heavy atom. The van der Waals surface area contributed by atoms with E-state index in [1.807, 2.05) is 0 Å². The molecule has 0 amide bonds. The number of esters is 4. The molecule has 522 valence electrons. The van der Waals surface area contributed by atoms with Crippen LogP contribution in [-0.4, -0.2) is 96.7 Å². The van der Waals surface area contributed by atoms with Crippen LogP contribution in [0.5, 0.6) is 0 Å². The molecule has 0 aromatic carbocycles. The van der Waals surface area contributed by atoms with Crippen molar-refractivity contribution >= 4 is 39.5 Å². The summed E-state index contributed by atoms with van der Waals surface area (Å²) in [6.07, 6.45) is 45.5. The van der Waals surface area contributed by atoms with Gasteiger partial charge < -0.3 is 33.8 Å². The fourth-order valence-corrected chi connectivity index (χ4v) is 11.9. The van der Waals surface area contributed by atoms with Crippen LogP contribution < -0.4 is 0 Å². The second-order valence-corrected chi connectivity index (χ2v) is 28.3. The third-order valence-corrected chi connectivity index (χ3v) is 18.6. The summed E-state index contributed by atoms with van der Waals surface area (Å²) in [5.74, 6) is -0.578. The first-order chi connectivity index (χ1) is 42.4. The van der Waals surface area contributed by atoms with Gasteiger partial charge >= 0.3 is 39.5 Å². The highest BCUT2D eigenvalue weighted by molar-refractivity contribution is 7.47. The largest absolute Gasteiger partial charge is 0.472 e. The van der Waals surface area contributed by atoms with Gasteiger partial charge in [-0.15, -0.1) is 0 Å². The fraction of sp³-hybridized carbons (Fsp3) is 0.942. The summed E-state index contributed by atoms with van der Waals surface area (Å²) in [5.41, 5.74) is 0. The molecule has 7 atom stereocenters. The van der Waals surface area contributed by atoms with Crippen LogP contribution in [0.15, 0.2) is 0 Å². The van der Waals surface area contributed by atoms with Crippen LogP contribution in [0, 0.1) is 11.8 Å². The molecule has 0 saturated heterocycles. The van der Waals surface area contributed by atoms with E-state index in [9.17, 15) is 43.2 Å². The summed E-state index contributed by atoms with van der Waals surface area (Å²) in [5, 5.41) is 10.6. The van der Waals surface area contributed by atoms with E-state index in [2.05, 4.69) is 41.5 Å². The Balaban J connectivity index is 5.27. The van der Waals surface area contributed by atoms with Crippen LogP contribution >= 0.6 is 15.6 Å². The summed E-state index contributed by atoms with van der Waals surface area (Å²) in [6, 6.07) is 0. The number of phosphoric acid groups is 2. The summed E-state index contributed by atoms with van der Waals surface area (Å²) in [7, 11) is -9.90. The third kappa shape index (κ3) is 60.3. The van der Waals surface area contributed by atoms with Crippen LogP contribution in [0.25, 0.3) is 0 Å². The lowest BCUT2D eigenvalue weighted by Gasteiger charge is -2.21. The molecule has 17 nitrogen and oxygen atoms in total. The van der Waals surface area contributed by atoms with Gasteiger partial charge in [0.1, 0.15) is 19.3 Å². The first-order valence-corrected chi connectivity index (χ1v) is 39.1. The minimum atomic E-state index is -4.95. The van der Waals surface area contributed by atoms with Crippen molar-refractivity contribution in [2.45, 2.75) is 368 Å². The smallest absolute Gasteiger partial charge is 0.462 e. The van der Waals surface area contributed by atoms with Gasteiger partial charge in [0, 0.05) is 25.7 Å². The molecule has 88 heavy (non-hydrogen) atoms. The molecular weight excluding hydrogens is 1160 g/mol. The van der Waals surface area contributed by atoms with Crippen LogP contribution in [-0.2, 0) is 65.4 Å². The standard InChI is InChI=1S/C69H134O17P2/c1-7-11-13-15-17-19-21-22-24-26-35-41-47-53-68(73)85-64(58-80-67(72)52-46-40-34-29-27-31-37-43-49-61(5)9-3)59-83-87(75,76)81-55-63(70)56-82-88(77,78)84-60-65(57-79-66(71)51-45-39-33-25-23-20-18-16-14-12-8-2)86-69(74)54-48-42-36-30-28-32-38-44-50-62(6)10-4/h61-65,70H,7-60H2,1-6H3,(H,75,76)(H,77,78)/t61?,62?,63-,64-,65-/m1/s1. The Kier molecular flexibility index (Phi) is 59.9. The zero-order chi connectivity index (χ0) is 65.0. The number of phosphoric ester groups is 2. The highest BCUT2D eigenvalue weighted by Crippen LogP contribution is 2.45. The highest BCUT2D eigenvalue weighted by Gasteiger charge is 2.30. The summed E-state index contributed by atoms with van der Waals surface area (Å²) in [4.78, 5) is 72.5. The second kappa shape index (κ2) is 61.3. The van der Waals surface area contributed by atoms with E-state index in [-0.39, 0.29) is 25.7 Å². The van der Waals surface area contributed by atoms with Gasteiger partial charge in [0.2, 0.25) is 0 Å². The molecule has 0 aliphatic rings. The molecule has 0 radical (unpaired) electrons. The number of unbranched alkanes of at least 4 members (excludes halogenated alkanes) is 36. The minimum Gasteiger partial charge on any atom is -0.462 e. The van der Waals surface area contributed by atoms with Gasteiger partial charge in [-0.05, 0) is 37.5 Å². The van der Waals surface area contributed by atoms with Gasteiger partial charge in [0.25, 0.3) is 0 Å². The van der Waals surface area contributed by atoms with Gasteiger partial charge in [0.05, 0.1) is 26.4 Å². The van der Waals surface area contributed by atoms with Gasteiger partial charge in [0.15, 0.2) is 12.2 Å². The monoisotopic (exact) mass is 1300 g/mol. The molecule has 0 saturated carbocycles. The molecule has 0 bridgehead atoms. The number of aliphatic hydroxyl groups is 1. The number of aliphatic hydroxyl groups excluding tert-OH is 1. The van der Waals surface area contributed by atoms with E-state index in [0.717, 1.165) is 102 Å². The van der Waals surface area contributed by atoms with Crippen molar-refractivity contribution in [2.24, 2.45) is 11.8 Å². The number of hydrogen-bond acceptors (Lipinski definition) is 15. The molecule has 0 fully saturated rings. The summed E-state index contributed by atoms with van der Waals surface area (Å²) >= 11 is 0. The molecule has 4 unspecified atom stereocenters. The Morgan fingerprint density at radius 1 is 0.318 bits per heavy atom. The quantitative estimate of drug-likeness (QED) is 0.0222. The Labute approximate surface area is 537 Å². The lowest BCUT2D eigenvalue weighted by atomic mass is 9.99. The van der Waals surface area contributed by atoms with E-state index in [1.165, 1.54) is 167 Å². The van der Waals surface area contributed by atoms with Gasteiger partial charge in [-0.2, -0.15) is 0 Å². The molecular formula is C69H134O17P2. The predicted molar refractivity (Wildman–Crippen MR) is 354 cm³/mol. The molecule has 0 aromatic heterocycles. The van der Waals surface area contributed by atoms with Gasteiger partial charge in [-0.1, -0.05) is 298 Å². The minimum absolute atomic E-state index is 0.105. The normalized spacial score (nSPS) is 14.8. The van der Waals surface area contributed by atoms with Crippen LogP contribution in [0.1, 0.15) is 350 Å². The predicted octanol–water partition coefficient (Wildman–Crippen LogP) is 19.6. The Morgan fingerprint density at radius 3 is 0.807 bits per heavy atom. The van der Waals surface area contributed by atoms with Crippen molar-refractivity contribution in [1.29, 1.82) is 0 Å². The lowest BCUT2D eigenvalue weighted by molar-refractivity contribution is -0.161. The zero-order valence-corrected chi connectivity index (χ0v) is 58.8. The fourth-order valence-electron chi connectivity index (χ4n) is 10.4. The molecule has 19 heteroatoms. The zero-order valence-electron chi connectivity index (χ0n) is 57.0. The number of ether oxygens (including phenoxy) is 4. The molecule has 0 aliphatic carbocycles. The Hall–Kier alpha value is -1.94. The summed E-state index contributed by atoms with van der Waals surface area (Å²) in [6.45, 7) is 9.54. The first-order valence-electron chi connectivity index (χ1n) is 36.1. The number of hydrogen-bond donors (Lipinski definition) is 3. The SMILES string of the molecule is CCCCCCCCCCCCCCCC(=O)O[C@H](COC(=O)CCCCCCCCCCC(C)CC)COP(=O)(O)OC[C@@H](O)COP(=O)(O)OC[C@@H](COC(=O)CCCCCCCCCCCCC)OC(=O)CCCCCCCCCCC(C)CC. The number of carbonyl (C=O) groups is 4. The maximum Gasteiger partial charge on any atom is 0.472 e. The molecule has 3 N–H and O–H groups in total. The van der Waals surface area contributed by atoms with E-state index in [1.54, 1.807) is 0 Å². The van der Waals surface area contributed by atoms with Gasteiger partial charge in [-0.25, -0.2) is 9.13 Å². The Bertz CT molecular complexity index is 1720. The summed E-state index contributed by atoms with van der Waals surface area (Å²) < 4.78 is 68.3. The number of rotatable bonds is 68. The maximum absolute atomic E-state index is 13.0. The van der Waals surface area contributed by atoms with Crippen molar-refractivity contribution in [3.05, 3.63) is 0 Å². The molecule has 0 spiro atoms. The lowest BCUT2D eigenvalue weighted by Crippen LogP contribution is -2.30. The molecule has 0 rings (SSSR count). The van der Waals surface area contributed by atoms with E-state index in [0.29, 0.717) is 25.7 Å². The molecule has 0 aromatic rings. The average molecular weight is 1300 g/mol. The first kappa shape index (κ1) is 86.1. The van der Waals surface area contributed by atoms with Crippen molar-refractivity contribution in [3.8, 4) is 0 Å². The molecule has 0 heterocycles. The second-order valence-electron chi connectivity index (χ2n) is 25.4. The highest BCUT2D eigenvalue weighted by atomic mass is 31.2.